The molecular formula is C14H12Br3N. The van der Waals surface area contributed by atoms with Crippen molar-refractivity contribution in [3.63, 3.8) is 0 Å². The number of benzene rings is 2. The summed E-state index contributed by atoms with van der Waals surface area (Å²) in [7, 11) is 0. The van der Waals surface area contributed by atoms with Gasteiger partial charge in [0.05, 0.1) is 5.69 Å². The predicted octanol–water partition coefficient (Wildman–Crippen LogP) is 6.15. The van der Waals surface area contributed by atoms with E-state index < -0.39 is 0 Å². The Balaban J connectivity index is 2.27. The van der Waals surface area contributed by atoms with Crippen LogP contribution in [-0.2, 0) is 0 Å². The summed E-state index contributed by atoms with van der Waals surface area (Å²) >= 11 is 10.7. The van der Waals surface area contributed by atoms with Gasteiger partial charge < -0.3 is 5.32 Å². The van der Waals surface area contributed by atoms with E-state index in [1.807, 2.05) is 30.3 Å². The molecule has 2 rings (SSSR count). The Kier molecular flexibility index (Phi) is 4.87. The molecule has 1 nitrogen and oxygen atoms in total. The van der Waals surface area contributed by atoms with Crippen molar-refractivity contribution < 1.29 is 0 Å². The van der Waals surface area contributed by atoms with Gasteiger partial charge >= 0.3 is 0 Å². The lowest BCUT2D eigenvalue weighted by atomic mass is 10.1. The molecule has 1 N–H and O–H groups in total. The van der Waals surface area contributed by atoms with Crippen LogP contribution in [0, 0.1) is 0 Å². The zero-order valence-corrected chi connectivity index (χ0v) is 14.5. The van der Waals surface area contributed by atoms with Crippen molar-refractivity contribution in [2.24, 2.45) is 0 Å². The van der Waals surface area contributed by atoms with Crippen molar-refractivity contribution in [1.82, 2.24) is 0 Å². The molecule has 0 saturated carbocycles. The van der Waals surface area contributed by atoms with Crippen LogP contribution in [0.4, 0.5) is 5.69 Å². The Labute approximate surface area is 132 Å². The third-order valence-electron chi connectivity index (χ3n) is 2.70. The van der Waals surface area contributed by atoms with Crippen molar-refractivity contribution in [1.29, 1.82) is 0 Å². The highest BCUT2D eigenvalue weighted by Gasteiger charge is 2.12. The van der Waals surface area contributed by atoms with Crippen LogP contribution in [0.25, 0.3) is 0 Å². The number of anilines is 1. The van der Waals surface area contributed by atoms with E-state index in [1.54, 1.807) is 0 Å². The van der Waals surface area contributed by atoms with Crippen molar-refractivity contribution in [2.45, 2.75) is 13.0 Å². The van der Waals surface area contributed by atoms with E-state index in [1.165, 1.54) is 5.56 Å². The van der Waals surface area contributed by atoms with Crippen LogP contribution < -0.4 is 5.32 Å². The highest BCUT2D eigenvalue weighted by atomic mass is 79.9. The summed E-state index contributed by atoms with van der Waals surface area (Å²) in [6, 6.07) is 14.5. The van der Waals surface area contributed by atoms with Crippen LogP contribution in [-0.4, -0.2) is 0 Å². The smallest absolute Gasteiger partial charge is 0.0633 e. The highest BCUT2D eigenvalue weighted by molar-refractivity contribution is 9.11. The Morgan fingerprint density at radius 2 is 1.39 bits per heavy atom. The Bertz CT molecular complexity index is 534. The van der Waals surface area contributed by atoms with Gasteiger partial charge in [-0.3, -0.25) is 0 Å². The fourth-order valence-corrected chi connectivity index (χ4v) is 3.61. The SMILES string of the molecule is CC(Nc1c(Br)cccc1Br)c1ccccc1Br. The molecule has 0 saturated heterocycles. The maximum Gasteiger partial charge on any atom is 0.0633 e. The average molecular weight is 434 g/mol. The van der Waals surface area contributed by atoms with Crippen molar-refractivity contribution >= 4 is 53.5 Å². The summed E-state index contributed by atoms with van der Waals surface area (Å²) in [5.74, 6) is 0. The second-order valence-electron chi connectivity index (χ2n) is 3.98. The standard InChI is InChI=1S/C14H12Br3N/c1-9(10-5-2-3-6-11(10)15)18-14-12(16)7-4-8-13(14)17/h2-9,18H,1H3. The molecule has 2 aromatic rings. The molecule has 0 bridgehead atoms. The first-order valence-electron chi connectivity index (χ1n) is 5.54. The quantitative estimate of drug-likeness (QED) is 0.612. The monoisotopic (exact) mass is 431 g/mol. The second-order valence-corrected chi connectivity index (χ2v) is 6.55. The number of hydrogen-bond acceptors (Lipinski definition) is 1. The van der Waals surface area contributed by atoms with E-state index in [0.717, 1.165) is 19.1 Å². The van der Waals surface area contributed by atoms with Gasteiger partial charge in [-0.05, 0) is 62.5 Å². The summed E-state index contributed by atoms with van der Waals surface area (Å²) in [5.41, 5.74) is 2.31. The van der Waals surface area contributed by atoms with Crippen LogP contribution in [0.1, 0.15) is 18.5 Å². The molecule has 0 amide bonds. The lowest BCUT2D eigenvalue weighted by Gasteiger charge is -2.19. The maximum absolute atomic E-state index is 3.58. The second kappa shape index (κ2) is 6.22. The molecule has 18 heavy (non-hydrogen) atoms. The third-order valence-corrected chi connectivity index (χ3v) is 4.74. The van der Waals surface area contributed by atoms with Crippen molar-refractivity contribution in [3.05, 3.63) is 61.4 Å². The summed E-state index contributed by atoms with van der Waals surface area (Å²) < 4.78 is 3.22. The normalized spacial score (nSPS) is 12.2. The largest absolute Gasteiger partial charge is 0.377 e. The van der Waals surface area contributed by atoms with Crippen molar-refractivity contribution in [2.75, 3.05) is 5.32 Å². The molecule has 0 aliphatic rings. The van der Waals surface area contributed by atoms with Gasteiger partial charge in [0.25, 0.3) is 0 Å². The molecule has 1 atom stereocenters. The zero-order chi connectivity index (χ0) is 13.1. The van der Waals surface area contributed by atoms with Gasteiger partial charge in [0.1, 0.15) is 0 Å². The van der Waals surface area contributed by atoms with Gasteiger partial charge in [-0.15, -0.1) is 0 Å². The van der Waals surface area contributed by atoms with Gasteiger partial charge in [0.2, 0.25) is 0 Å². The summed E-state index contributed by atoms with van der Waals surface area (Å²) in [4.78, 5) is 0. The number of rotatable bonds is 3. The van der Waals surface area contributed by atoms with E-state index in [4.69, 9.17) is 0 Å². The average Bonchev–Trinajstić information content (AvgIpc) is 2.34. The van der Waals surface area contributed by atoms with Gasteiger partial charge in [-0.25, -0.2) is 0 Å². The molecule has 0 radical (unpaired) electrons. The first-order chi connectivity index (χ1) is 8.59. The van der Waals surface area contributed by atoms with E-state index in [0.29, 0.717) is 0 Å². The molecule has 0 aliphatic carbocycles. The summed E-state index contributed by atoms with van der Waals surface area (Å²) in [5, 5.41) is 3.51. The molecule has 0 aliphatic heterocycles. The molecule has 1 unspecified atom stereocenters. The lowest BCUT2D eigenvalue weighted by molar-refractivity contribution is 0.876. The van der Waals surface area contributed by atoms with E-state index >= 15 is 0 Å². The molecule has 0 fully saturated rings. The maximum atomic E-state index is 3.58. The number of para-hydroxylation sites is 1. The van der Waals surface area contributed by atoms with Crippen LogP contribution in [0.5, 0.6) is 0 Å². The first-order valence-corrected chi connectivity index (χ1v) is 7.92. The zero-order valence-electron chi connectivity index (χ0n) is 9.75. The lowest BCUT2D eigenvalue weighted by Crippen LogP contribution is -2.08. The summed E-state index contributed by atoms with van der Waals surface area (Å²) in [6.45, 7) is 2.14. The molecule has 2 aromatic carbocycles. The van der Waals surface area contributed by atoms with Gasteiger partial charge in [-0.1, -0.05) is 40.2 Å². The Morgan fingerprint density at radius 1 is 0.833 bits per heavy atom. The Hall–Kier alpha value is -0.320. The fourth-order valence-electron chi connectivity index (χ4n) is 1.76. The third kappa shape index (κ3) is 3.16. The molecule has 0 aromatic heterocycles. The fraction of sp³-hybridized carbons (Fsp3) is 0.143. The van der Waals surface area contributed by atoms with Crippen molar-refractivity contribution in [3.8, 4) is 0 Å². The molecule has 94 valence electrons. The first kappa shape index (κ1) is 14.1. The number of halogens is 3. The molecule has 4 heteroatoms. The van der Waals surface area contributed by atoms with Gasteiger partial charge in [-0.2, -0.15) is 0 Å². The number of hydrogen-bond donors (Lipinski definition) is 1. The summed E-state index contributed by atoms with van der Waals surface area (Å²) in [6.07, 6.45) is 0. The van der Waals surface area contributed by atoms with Crippen LogP contribution in [0.3, 0.4) is 0 Å². The molecular weight excluding hydrogens is 422 g/mol. The van der Waals surface area contributed by atoms with Gasteiger partial charge in [0, 0.05) is 19.5 Å². The highest BCUT2D eigenvalue weighted by Crippen LogP contribution is 2.34. The van der Waals surface area contributed by atoms with Crippen LogP contribution in [0.15, 0.2) is 55.9 Å². The van der Waals surface area contributed by atoms with E-state index in [9.17, 15) is 0 Å². The van der Waals surface area contributed by atoms with Crippen LogP contribution in [0.2, 0.25) is 0 Å². The van der Waals surface area contributed by atoms with E-state index in [2.05, 4.69) is 72.2 Å². The van der Waals surface area contributed by atoms with Crippen LogP contribution >= 0.6 is 47.8 Å². The molecule has 0 spiro atoms. The number of nitrogens with one attached hydrogen (secondary N) is 1. The Morgan fingerprint density at radius 3 is 2.00 bits per heavy atom. The topological polar surface area (TPSA) is 12.0 Å². The minimum absolute atomic E-state index is 0.218. The molecule has 0 heterocycles. The minimum Gasteiger partial charge on any atom is -0.377 e. The van der Waals surface area contributed by atoms with Gasteiger partial charge in [0.15, 0.2) is 0 Å². The minimum atomic E-state index is 0.218. The predicted molar refractivity (Wildman–Crippen MR) is 88.0 cm³/mol. The van der Waals surface area contributed by atoms with E-state index in [-0.39, 0.29) is 6.04 Å².